The van der Waals surface area contributed by atoms with Crippen LogP contribution in [0.4, 0.5) is 5.95 Å². The Bertz CT molecular complexity index is 433. The van der Waals surface area contributed by atoms with Crippen LogP contribution in [-0.2, 0) is 0 Å². The second-order valence-corrected chi connectivity index (χ2v) is 3.03. The Kier molecular flexibility index (Phi) is 1.48. The molecule has 2 aromatic heterocycles. The number of fused-ring (bicyclic) bond motifs is 1. The summed E-state index contributed by atoms with van der Waals surface area (Å²) >= 11 is 5.87. The fraction of sp³-hybridized carbons (Fsp3) is 0.125. The van der Waals surface area contributed by atoms with Gasteiger partial charge in [0.2, 0.25) is 5.95 Å². The number of hydrogen-bond acceptors (Lipinski definition) is 2. The summed E-state index contributed by atoms with van der Waals surface area (Å²) in [5.41, 5.74) is 7.57. The van der Waals surface area contributed by atoms with Crippen LogP contribution in [0.1, 0.15) is 5.56 Å². The van der Waals surface area contributed by atoms with E-state index in [2.05, 4.69) is 4.98 Å². The number of rotatable bonds is 0. The van der Waals surface area contributed by atoms with Gasteiger partial charge in [-0.1, -0.05) is 17.7 Å². The zero-order valence-corrected chi connectivity index (χ0v) is 7.34. The first kappa shape index (κ1) is 7.43. The highest BCUT2D eigenvalue weighted by Crippen LogP contribution is 2.22. The van der Waals surface area contributed by atoms with Crippen molar-refractivity contribution in [2.75, 3.05) is 5.73 Å². The summed E-state index contributed by atoms with van der Waals surface area (Å²) < 4.78 is 1.78. The van der Waals surface area contributed by atoms with E-state index in [9.17, 15) is 0 Å². The van der Waals surface area contributed by atoms with Gasteiger partial charge in [0.05, 0.1) is 5.52 Å². The minimum Gasteiger partial charge on any atom is -0.369 e. The SMILES string of the molecule is Cc1cccn2c(N)nc(Cl)c12. The molecule has 4 heteroatoms. The average Bonchev–Trinajstić information content (AvgIpc) is 2.29. The Hall–Kier alpha value is -1.22. The molecular weight excluding hydrogens is 174 g/mol. The van der Waals surface area contributed by atoms with Crippen molar-refractivity contribution in [3.8, 4) is 0 Å². The maximum atomic E-state index is 5.87. The minimum atomic E-state index is 0.429. The maximum Gasteiger partial charge on any atom is 0.206 e. The molecule has 0 fully saturated rings. The van der Waals surface area contributed by atoms with Gasteiger partial charge >= 0.3 is 0 Å². The summed E-state index contributed by atoms with van der Waals surface area (Å²) in [5, 5.41) is 0.464. The largest absolute Gasteiger partial charge is 0.369 e. The number of nitrogen functional groups attached to an aromatic ring is 1. The molecule has 0 bridgehead atoms. The molecule has 0 saturated heterocycles. The lowest BCUT2D eigenvalue weighted by Gasteiger charge is -1.97. The highest BCUT2D eigenvalue weighted by atomic mass is 35.5. The van der Waals surface area contributed by atoms with Crippen LogP contribution < -0.4 is 5.73 Å². The van der Waals surface area contributed by atoms with Crippen molar-refractivity contribution in [2.45, 2.75) is 6.92 Å². The van der Waals surface area contributed by atoms with E-state index in [-0.39, 0.29) is 0 Å². The van der Waals surface area contributed by atoms with Gasteiger partial charge in [0, 0.05) is 6.20 Å². The molecule has 2 heterocycles. The predicted octanol–water partition coefficient (Wildman–Crippen LogP) is 1.88. The lowest BCUT2D eigenvalue weighted by Crippen LogP contribution is -1.93. The van der Waals surface area contributed by atoms with Crippen LogP contribution >= 0.6 is 11.6 Å². The fourth-order valence-electron chi connectivity index (χ4n) is 1.28. The molecule has 0 atom stereocenters. The third-order valence-electron chi connectivity index (χ3n) is 1.85. The summed E-state index contributed by atoms with van der Waals surface area (Å²) in [6.07, 6.45) is 1.84. The van der Waals surface area contributed by atoms with Crippen LogP contribution in [0.3, 0.4) is 0 Å². The molecular formula is C8H8ClN3. The highest BCUT2D eigenvalue weighted by molar-refractivity contribution is 6.33. The Balaban J connectivity index is 2.99. The molecule has 2 N–H and O–H groups in total. The quantitative estimate of drug-likeness (QED) is 0.675. The summed E-state index contributed by atoms with van der Waals surface area (Å²) in [4.78, 5) is 3.96. The molecule has 3 nitrogen and oxygen atoms in total. The molecule has 0 amide bonds. The number of aryl methyl sites for hydroxylation is 1. The van der Waals surface area contributed by atoms with Crippen molar-refractivity contribution in [1.82, 2.24) is 9.38 Å². The summed E-state index contributed by atoms with van der Waals surface area (Å²) in [7, 11) is 0. The lowest BCUT2D eigenvalue weighted by molar-refractivity contribution is 1.16. The number of hydrogen-bond donors (Lipinski definition) is 1. The molecule has 2 aromatic rings. The zero-order valence-electron chi connectivity index (χ0n) is 6.58. The van der Waals surface area contributed by atoms with Crippen LogP contribution in [-0.4, -0.2) is 9.38 Å². The topological polar surface area (TPSA) is 43.3 Å². The van der Waals surface area contributed by atoms with Gasteiger partial charge < -0.3 is 5.73 Å². The molecule has 0 radical (unpaired) electrons. The number of anilines is 1. The van der Waals surface area contributed by atoms with Gasteiger partial charge in [0.15, 0.2) is 5.15 Å². The second-order valence-electron chi connectivity index (χ2n) is 2.67. The minimum absolute atomic E-state index is 0.429. The Morgan fingerprint density at radius 2 is 2.33 bits per heavy atom. The molecule has 0 aliphatic carbocycles. The van der Waals surface area contributed by atoms with E-state index in [0.717, 1.165) is 11.1 Å². The fourth-order valence-corrected chi connectivity index (χ4v) is 1.60. The number of imidazole rings is 1. The number of nitrogens with zero attached hydrogens (tertiary/aromatic N) is 2. The van der Waals surface area contributed by atoms with Gasteiger partial charge in [0.1, 0.15) is 0 Å². The van der Waals surface area contributed by atoms with E-state index in [0.29, 0.717) is 11.1 Å². The van der Waals surface area contributed by atoms with Gasteiger partial charge in [-0.2, -0.15) is 0 Å². The van der Waals surface area contributed by atoms with Crippen molar-refractivity contribution < 1.29 is 0 Å². The summed E-state index contributed by atoms with van der Waals surface area (Å²) in [5.74, 6) is 0.429. The Morgan fingerprint density at radius 3 is 3.00 bits per heavy atom. The van der Waals surface area contributed by atoms with E-state index in [4.69, 9.17) is 17.3 Å². The molecule has 2 rings (SSSR count). The van der Waals surface area contributed by atoms with Crippen LogP contribution in [0.25, 0.3) is 5.52 Å². The van der Waals surface area contributed by atoms with E-state index < -0.39 is 0 Å². The Morgan fingerprint density at radius 1 is 1.58 bits per heavy atom. The predicted molar refractivity (Wildman–Crippen MR) is 49.4 cm³/mol. The zero-order chi connectivity index (χ0) is 8.72. The number of pyridine rings is 1. The molecule has 0 aliphatic heterocycles. The standard InChI is InChI=1S/C8H8ClN3/c1-5-3-2-4-12-6(5)7(9)11-8(12)10/h2-4H,1H3,(H2,10,11). The van der Waals surface area contributed by atoms with Crippen molar-refractivity contribution >= 4 is 23.1 Å². The molecule has 0 aromatic carbocycles. The molecule has 0 aliphatic rings. The first-order valence-corrected chi connectivity index (χ1v) is 3.96. The van der Waals surface area contributed by atoms with Gasteiger partial charge in [-0.05, 0) is 18.6 Å². The molecule has 0 spiro atoms. The van der Waals surface area contributed by atoms with Crippen molar-refractivity contribution in [3.05, 3.63) is 29.0 Å². The van der Waals surface area contributed by atoms with Crippen LogP contribution in [0, 0.1) is 6.92 Å². The third-order valence-corrected chi connectivity index (χ3v) is 2.11. The van der Waals surface area contributed by atoms with Gasteiger partial charge in [0.25, 0.3) is 0 Å². The summed E-state index contributed by atoms with van der Waals surface area (Å²) in [6, 6.07) is 3.89. The van der Waals surface area contributed by atoms with Crippen molar-refractivity contribution in [2.24, 2.45) is 0 Å². The van der Waals surface area contributed by atoms with Gasteiger partial charge in [-0.3, -0.25) is 4.40 Å². The third kappa shape index (κ3) is 0.865. The highest BCUT2D eigenvalue weighted by Gasteiger charge is 2.07. The molecule has 0 saturated carbocycles. The monoisotopic (exact) mass is 181 g/mol. The number of aromatic nitrogens is 2. The van der Waals surface area contributed by atoms with E-state index in [1.54, 1.807) is 4.40 Å². The smallest absolute Gasteiger partial charge is 0.206 e. The van der Waals surface area contributed by atoms with Crippen LogP contribution in [0.5, 0.6) is 0 Å². The van der Waals surface area contributed by atoms with E-state index >= 15 is 0 Å². The lowest BCUT2D eigenvalue weighted by atomic mass is 10.3. The van der Waals surface area contributed by atoms with E-state index in [1.807, 2.05) is 25.3 Å². The van der Waals surface area contributed by atoms with Crippen LogP contribution in [0.15, 0.2) is 18.3 Å². The van der Waals surface area contributed by atoms with Crippen molar-refractivity contribution in [1.29, 1.82) is 0 Å². The number of halogens is 1. The first-order chi connectivity index (χ1) is 5.70. The van der Waals surface area contributed by atoms with Gasteiger partial charge in [-0.15, -0.1) is 0 Å². The maximum absolute atomic E-state index is 5.87. The second kappa shape index (κ2) is 2.38. The van der Waals surface area contributed by atoms with Crippen LogP contribution in [0.2, 0.25) is 5.15 Å². The molecule has 12 heavy (non-hydrogen) atoms. The number of nitrogens with two attached hydrogens (primary N) is 1. The Labute approximate surface area is 74.8 Å². The van der Waals surface area contributed by atoms with Crippen molar-refractivity contribution in [3.63, 3.8) is 0 Å². The average molecular weight is 182 g/mol. The molecule has 0 unspecified atom stereocenters. The summed E-state index contributed by atoms with van der Waals surface area (Å²) in [6.45, 7) is 1.97. The van der Waals surface area contributed by atoms with Gasteiger partial charge in [-0.25, -0.2) is 4.98 Å². The normalized spacial score (nSPS) is 10.8. The van der Waals surface area contributed by atoms with E-state index in [1.165, 1.54) is 0 Å². The molecule has 62 valence electrons. The first-order valence-electron chi connectivity index (χ1n) is 3.59.